The average Bonchev–Trinajstić information content (AvgIpc) is 2.83. The van der Waals surface area contributed by atoms with E-state index in [1.807, 2.05) is 10.9 Å². The monoisotopic (exact) mass is 614 g/mol. The summed E-state index contributed by atoms with van der Waals surface area (Å²) in [6.45, 7) is 9.47. The number of nitrogens with zero attached hydrogens (tertiary/aromatic N) is 1. The van der Waals surface area contributed by atoms with E-state index in [0.29, 0.717) is 11.1 Å². The van der Waals surface area contributed by atoms with Crippen LogP contribution in [0.3, 0.4) is 0 Å². The van der Waals surface area contributed by atoms with Crippen LogP contribution < -0.4 is 16.2 Å². The van der Waals surface area contributed by atoms with Gasteiger partial charge in [0.1, 0.15) is 10.2 Å². The molecule has 1 aromatic heterocycles. The van der Waals surface area contributed by atoms with Crippen molar-refractivity contribution in [2.75, 3.05) is 5.32 Å². The predicted octanol–water partition coefficient (Wildman–Crippen LogP) is 5.74. The molecule has 39 heavy (non-hydrogen) atoms. The lowest BCUT2D eigenvalue weighted by atomic mass is 9.95. The van der Waals surface area contributed by atoms with Gasteiger partial charge in [-0.25, -0.2) is 9.78 Å². The smallest absolute Gasteiger partial charge is 0.426 e. The summed E-state index contributed by atoms with van der Waals surface area (Å²) in [5.74, 6) is -2.74. The molecule has 3 N–H and O–H groups in total. The van der Waals surface area contributed by atoms with Crippen molar-refractivity contribution in [2.24, 2.45) is 0 Å². The van der Waals surface area contributed by atoms with Gasteiger partial charge >= 0.3 is 12.3 Å². The number of allylic oxidation sites excluding steroid dienone is 1. The van der Waals surface area contributed by atoms with Crippen molar-refractivity contribution in [1.82, 2.24) is 15.8 Å². The molecule has 0 saturated heterocycles. The Morgan fingerprint density at radius 2 is 1.74 bits per heavy atom. The summed E-state index contributed by atoms with van der Waals surface area (Å²) in [7, 11) is 0. The number of aromatic nitrogens is 1. The predicted molar refractivity (Wildman–Crippen MR) is 142 cm³/mol. The minimum absolute atomic E-state index is 0.0919. The Kier molecular flexibility index (Phi) is 10.6. The van der Waals surface area contributed by atoms with E-state index in [2.05, 4.69) is 32.8 Å². The number of carbonyl (C=O) groups excluding carboxylic acids is 3. The number of benzene rings is 1. The number of carbonyl (C=O) groups is 3. The number of amides is 3. The van der Waals surface area contributed by atoms with E-state index >= 15 is 0 Å². The third-order valence-corrected chi connectivity index (χ3v) is 5.95. The van der Waals surface area contributed by atoms with E-state index in [9.17, 15) is 27.6 Å². The van der Waals surface area contributed by atoms with Gasteiger partial charge in [0, 0.05) is 0 Å². The number of rotatable bonds is 9. The second-order valence-corrected chi connectivity index (χ2v) is 10.2. The third kappa shape index (κ3) is 8.79. The fourth-order valence-corrected chi connectivity index (χ4v) is 3.53. The van der Waals surface area contributed by atoms with Gasteiger partial charge < -0.3 is 9.47 Å². The number of hydrogen-bond acceptors (Lipinski definition) is 6. The highest BCUT2D eigenvalue weighted by Crippen LogP contribution is 2.38. The molecule has 212 valence electrons. The molecule has 1 aromatic carbocycles. The summed E-state index contributed by atoms with van der Waals surface area (Å²) in [6, 6.07) is 9.43. The van der Waals surface area contributed by atoms with Crippen LogP contribution >= 0.6 is 15.9 Å². The fraction of sp³-hybridized carbons (Fsp3) is 0.385. The van der Waals surface area contributed by atoms with Gasteiger partial charge in [-0.05, 0) is 73.7 Å². The standard InChI is InChI=1S/C26H30BrF3N4O5/c1-6-7-13-25(26(28,29)30,38-15-17-11-9-8-10-12-17)22(36)34-33-21(35)19-18(14-16(2)20(27)32-19)31-23(37)39-24(3,4)5/h6,8-12,14H,1,7,13,15H2,2-5H3,(H,31,37)(H,33,35)(H,34,36)/t25-/m1/s1. The number of ether oxygens (including phenoxy) is 2. The van der Waals surface area contributed by atoms with E-state index in [-0.39, 0.29) is 16.7 Å². The molecule has 3 amide bonds. The first-order valence-electron chi connectivity index (χ1n) is 11.7. The molecule has 2 aromatic rings. The van der Waals surface area contributed by atoms with Crippen molar-refractivity contribution in [2.45, 2.75) is 64.5 Å². The van der Waals surface area contributed by atoms with Gasteiger partial charge in [-0.2, -0.15) is 13.2 Å². The van der Waals surface area contributed by atoms with Gasteiger partial charge in [-0.15, -0.1) is 6.58 Å². The lowest BCUT2D eigenvalue weighted by Gasteiger charge is -2.34. The number of halogens is 4. The maximum absolute atomic E-state index is 14.3. The molecule has 0 aliphatic rings. The van der Waals surface area contributed by atoms with Crippen LogP contribution in [0.1, 0.15) is 55.2 Å². The number of alkyl halides is 3. The Morgan fingerprint density at radius 1 is 1.10 bits per heavy atom. The molecule has 0 bridgehead atoms. The largest absolute Gasteiger partial charge is 0.444 e. The van der Waals surface area contributed by atoms with Crippen LogP contribution in [-0.4, -0.2) is 40.3 Å². The number of nitrogens with one attached hydrogen (secondary N) is 3. The van der Waals surface area contributed by atoms with Gasteiger partial charge in [0.05, 0.1) is 12.3 Å². The van der Waals surface area contributed by atoms with Crippen LogP contribution in [0.4, 0.5) is 23.7 Å². The summed E-state index contributed by atoms with van der Waals surface area (Å²) in [4.78, 5) is 42.2. The van der Waals surface area contributed by atoms with E-state index < -0.39 is 54.0 Å². The van der Waals surface area contributed by atoms with Gasteiger partial charge in [-0.3, -0.25) is 25.8 Å². The van der Waals surface area contributed by atoms with Crippen molar-refractivity contribution in [3.8, 4) is 0 Å². The number of aryl methyl sites for hydroxylation is 1. The zero-order chi connectivity index (χ0) is 29.4. The summed E-state index contributed by atoms with van der Waals surface area (Å²) in [5.41, 5.74) is 0.0647. The Hall–Kier alpha value is -3.45. The molecule has 0 fully saturated rings. The first kappa shape index (κ1) is 31.8. The zero-order valence-corrected chi connectivity index (χ0v) is 23.5. The first-order chi connectivity index (χ1) is 18.1. The van der Waals surface area contributed by atoms with Crippen molar-refractivity contribution < 1.29 is 37.0 Å². The number of hydrogen-bond donors (Lipinski definition) is 3. The lowest BCUT2D eigenvalue weighted by Crippen LogP contribution is -2.61. The van der Waals surface area contributed by atoms with Crippen molar-refractivity contribution in [3.63, 3.8) is 0 Å². The quantitative estimate of drug-likeness (QED) is 0.188. The van der Waals surface area contributed by atoms with Crippen LogP contribution in [0, 0.1) is 6.92 Å². The van der Waals surface area contributed by atoms with Gasteiger partial charge in [0.2, 0.25) is 5.60 Å². The topological polar surface area (TPSA) is 119 Å². The minimum atomic E-state index is -5.14. The van der Waals surface area contributed by atoms with E-state index in [0.717, 1.165) is 0 Å². The highest BCUT2D eigenvalue weighted by molar-refractivity contribution is 9.10. The minimum Gasteiger partial charge on any atom is -0.444 e. The number of hydrazine groups is 1. The van der Waals surface area contributed by atoms with Crippen molar-refractivity contribution in [3.05, 3.63) is 70.5 Å². The summed E-state index contributed by atoms with van der Waals surface area (Å²) in [6.07, 6.45) is -5.80. The Balaban J connectivity index is 2.31. The average molecular weight is 615 g/mol. The molecule has 13 heteroatoms. The summed E-state index contributed by atoms with van der Waals surface area (Å²) >= 11 is 3.17. The molecule has 1 atom stereocenters. The molecule has 0 radical (unpaired) electrons. The van der Waals surface area contributed by atoms with Gasteiger partial charge in [0.25, 0.3) is 11.8 Å². The Morgan fingerprint density at radius 3 is 2.31 bits per heavy atom. The van der Waals surface area contributed by atoms with Crippen molar-refractivity contribution in [1.29, 1.82) is 0 Å². The molecule has 0 unspecified atom stereocenters. The number of pyridine rings is 1. The Labute approximate surface area is 232 Å². The maximum atomic E-state index is 14.3. The molecular formula is C26H30BrF3N4O5. The second-order valence-electron chi connectivity index (χ2n) is 9.45. The third-order valence-electron chi connectivity index (χ3n) is 5.14. The molecule has 1 heterocycles. The molecule has 0 aliphatic carbocycles. The molecule has 0 aliphatic heterocycles. The van der Waals surface area contributed by atoms with Crippen LogP contribution in [0.15, 0.2) is 53.7 Å². The number of anilines is 1. The Bertz CT molecular complexity index is 1200. The van der Waals surface area contributed by atoms with Gasteiger partial charge in [-0.1, -0.05) is 36.4 Å². The van der Waals surface area contributed by atoms with E-state index in [1.165, 1.54) is 12.1 Å². The van der Waals surface area contributed by atoms with Crippen LogP contribution in [-0.2, 0) is 20.9 Å². The zero-order valence-electron chi connectivity index (χ0n) is 21.9. The van der Waals surface area contributed by atoms with E-state index in [1.54, 1.807) is 58.0 Å². The summed E-state index contributed by atoms with van der Waals surface area (Å²) in [5, 5.41) is 2.39. The summed E-state index contributed by atoms with van der Waals surface area (Å²) < 4.78 is 53.6. The molecular weight excluding hydrogens is 585 g/mol. The lowest BCUT2D eigenvalue weighted by molar-refractivity contribution is -0.273. The van der Waals surface area contributed by atoms with Crippen molar-refractivity contribution >= 4 is 39.5 Å². The highest BCUT2D eigenvalue weighted by atomic mass is 79.9. The van der Waals surface area contributed by atoms with Crippen LogP contribution in [0.25, 0.3) is 0 Å². The highest BCUT2D eigenvalue weighted by Gasteiger charge is 2.61. The SMILES string of the molecule is C=CCC[C@@](OCc1ccccc1)(C(=O)NNC(=O)c1nc(Br)c(C)cc1NC(=O)OC(C)(C)C)C(F)(F)F. The van der Waals surface area contributed by atoms with Crippen LogP contribution in [0.2, 0.25) is 0 Å². The molecule has 2 rings (SSSR count). The normalized spacial score (nSPS) is 13.1. The fourth-order valence-electron chi connectivity index (χ4n) is 3.24. The first-order valence-corrected chi connectivity index (χ1v) is 12.5. The second kappa shape index (κ2) is 13.1. The molecule has 0 saturated carbocycles. The van der Waals surface area contributed by atoms with Crippen LogP contribution in [0.5, 0.6) is 0 Å². The van der Waals surface area contributed by atoms with E-state index in [4.69, 9.17) is 9.47 Å². The molecule has 9 nitrogen and oxygen atoms in total. The van der Waals surface area contributed by atoms with Gasteiger partial charge in [0.15, 0.2) is 5.69 Å². The maximum Gasteiger partial charge on any atom is 0.426 e. The molecule has 0 spiro atoms.